The van der Waals surface area contributed by atoms with E-state index in [1.807, 2.05) is 6.07 Å². The van der Waals surface area contributed by atoms with Crippen LogP contribution in [0.2, 0.25) is 0 Å². The predicted molar refractivity (Wildman–Crippen MR) is 123 cm³/mol. The molecule has 4 rings (SSSR count). The molecular formula is C26H29F2N3O3. The second-order valence-corrected chi connectivity index (χ2v) is 9.79. The molecule has 0 bridgehead atoms. The number of likely N-dealkylation sites (tertiary alicyclic amines) is 1. The summed E-state index contributed by atoms with van der Waals surface area (Å²) in [5, 5.41) is 5.86. The zero-order chi connectivity index (χ0) is 24.5. The highest BCUT2D eigenvalue weighted by molar-refractivity contribution is 5.99. The Morgan fingerprint density at radius 2 is 1.79 bits per heavy atom. The predicted octanol–water partition coefficient (Wildman–Crippen LogP) is 3.53. The van der Waals surface area contributed by atoms with E-state index in [-0.39, 0.29) is 42.2 Å². The van der Waals surface area contributed by atoms with E-state index in [9.17, 15) is 23.2 Å². The van der Waals surface area contributed by atoms with Crippen LogP contribution in [0.4, 0.5) is 8.78 Å². The van der Waals surface area contributed by atoms with Gasteiger partial charge in [-0.25, -0.2) is 8.78 Å². The minimum atomic E-state index is -1.28. The van der Waals surface area contributed by atoms with Crippen LogP contribution in [0.1, 0.15) is 61.4 Å². The molecule has 34 heavy (non-hydrogen) atoms. The van der Waals surface area contributed by atoms with E-state index in [1.165, 1.54) is 30.3 Å². The lowest BCUT2D eigenvalue weighted by Gasteiger charge is -2.35. The van der Waals surface area contributed by atoms with Gasteiger partial charge in [-0.1, -0.05) is 24.6 Å². The van der Waals surface area contributed by atoms with Gasteiger partial charge in [0.2, 0.25) is 11.8 Å². The maximum atomic E-state index is 14.1. The molecule has 3 amide bonds. The second kappa shape index (κ2) is 9.16. The van der Waals surface area contributed by atoms with Crippen molar-refractivity contribution in [1.82, 2.24) is 15.5 Å². The van der Waals surface area contributed by atoms with Gasteiger partial charge in [-0.15, -0.1) is 0 Å². The third-order valence-corrected chi connectivity index (χ3v) is 6.79. The Hall–Kier alpha value is -3.29. The summed E-state index contributed by atoms with van der Waals surface area (Å²) in [5.74, 6) is -2.17. The van der Waals surface area contributed by atoms with Crippen molar-refractivity contribution in [2.75, 3.05) is 13.1 Å². The molecule has 0 saturated carbocycles. The third kappa shape index (κ3) is 4.81. The van der Waals surface area contributed by atoms with Crippen molar-refractivity contribution in [2.45, 2.75) is 56.5 Å². The number of nitrogens with one attached hydrogen (secondary N) is 2. The lowest BCUT2D eigenvalue weighted by Crippen LogP contribution is -2.57. The summed E-state index contributed by atoms with van der Waals surface area (Å²) in [6.45, 7) is 3.74. The molecule has 6 nitrogen and oxygen atoms in total. The first-order valence-corrected chi connectivity index (χ1v) is 11.5. The molecule has 2 aromatic carbocycles. The molecule has 1 spiro atoms. The lowest BCUT2D eigenvalue weighted by atomic mass is 9.79. The van der Waals surface area contributed by atoms with Gasteiger partial charge in [0, 0.05) is 31.0 Å². The van der Waals surface area contributed by atoms with Crippen LogP contribution in [0.25, 0.3) is 0 Å². The maximum Gasteiger partial charge on any atom is 0.252 e. The molecule has 2 aliphatic heterocycles. The number of halogens is 2. The zero-order valence-corrected chi connectivity index (χ0v) is 19.4. The van der Waals surface area contributed by atoms with Crippen LogP contribution in [0.15, 0.2) is 48.5 Å². The fourth-order valence-electron chi connectivity index (χ4n) is 5.16. The van der Waals surface area contributed by atoms with Crippen molar-refractivity contribution in [3.05, 3.63) is 71.3 Å². The summed E-state index contributed by atoms with van der Waals surface area (Å²) in [4.78, 5) is 40.4. The largest absolute Gasteiger partial charge is 0.348 e. The summed E-state index contributed by atoms with van der Waals surface area (Å²) in [6, 6.07) is 11.5. The molecule has 2 saturated heterocycles. The number of rotatable bonds is 4. The fourth-order valence-corrected chi connectivity index (χ4v) is 5.16. The second-order valence-electron chi connectivity index (χ2n) is 9.79. The Morgan fingerprint density at radius 3 is 2.50 bits per heavy atom. The quantitative estimate of drug-likeness (QED) is 0.719. The summed E-state index contributed by atoms with van der Waals surface area (Å²) in [5.41, 5.74) is -1.15. The van der Waals surface area contributed by atoms with Crippen molar-refractivity contribution in [3.63, 3.8) is 0 Å². The first kappa shape index (κ1) is 23.9. The standard InChI is InChI=1S/C26H29F2N3O3/c1-25(2,30-23(33)18-8-6-10-20(28)14-18)24(34)31-15-21(17-7-5-9-19(27)13-17)26(16-31)12-4-3-11-22(32)29-26/h5-10,13-14,21H,3-4,11-12,15-16H2,1-2H3,(H,29,32)(H,30,33)/t21-,26+/m0/s1. The molecule has 2 aromatic rings. The van der Waals surface area contributed by atoms with Crippen molar-refractivity contribution in [3.8, 4) is 0 Å². The Kier molecular flexibility index (Phi) is 6.43. The molecule has 0 aliphatic carbocycles. The topological polar surface area (TPSA) is 78.5 Å². The monoisotopic (exact) mass is 469 g/mol. The molecule has 2 fully saturated rings. The Labute approximate surface area is 197 Å². The van der Waals surface area contributed by atoms with E-state index in [2.05, 4.69) is 10.6 Å². The van der Waals surface area contributed by atoms with E-state index in [0.29, 0.717) is 12.8 Å². The molecule has 8 heteroatoms. The first-order chi connectivity index (χ1) is 16.1. The van der Waals surface area contributed by atoms with Gasteiger partial charge in [0.05, 0.1) is 5.54 Å². The fraction of sp³-hybridized carbons (Fsp3) is 0.423. The number of nitrogens with zero attached hydrogens (tertiary/aromatic N) is 1. The number of carbonyl (C=O) groups is 3. The van der Waals surface area contributed by atoms with Crippen molar-refractivity contribution in [2.24, 2.45) is 0 Å². The summed E-state index contributed by atoms with van der Waals surface area (Å²) < 4.78 is 27.6. The molecular weight excluding hydrogens is 440 g/mol. The molecule has 0 aromatic heterocycles. The molecule has 180 valence electrons. The highest BCUT2D eigenvalue weighted by Crippen LogP contribution is 2.41. The van der Waals surface area contributed by atoms with Crippen molar-refractivity contribution < 1.29 is 23.2 Å². The smallest absolute Gasteiger partial charge is 0.252 e. The highest BCUT2D eigenvalue weighted by atomic mass is 19.1. The number of carbonyl (C=O) groups excluding carboxylic acids is 3. The van der Waals surface area contributed by atoms with Gasteiger partial charge in [-0.2, -0.15) is 0 Å². The van der Waals surface area contributed by atoms with Gasteiger partial charge in [0.25, 0.3) is 5.91 Å². The summed E-state index contributed by atoms with van der Waals surface area (Å²) in [6.07, 6.45) is 2.65. The molecule has 0 unspecified atom stereocenters. The van der Waals surface area contributed by atoms with Gasteiger partial charge >= 0.3 is 0 Å². The van der Waals surface area contributed by atoms with Gasteiger partial charge < -0.3 is 15.5 Å². The Morgan fingerprint density at radius 1 is 1.09 bits per heavy atom. The van der Waals surface area contributed by atoms with Gasteiger partial charge in [-0.3, -0.25) is 14.4 Å². The van der Waals surface area contributed by atoms with Crippen LogP contribution < -0.4 is 10.6 Å². The number of amides is 3. The van der Waals surface area contributed by atoms with Crippen LogP contribution in [-0.4, -0.2) is 46.8 Å². The Balaban J connectivity index is 1.60. The Bertz CT molecular complexity index is 1120. The molecule has 2 aliphatic rings. The van der Waals surface area contributed by atoms with Gasteiger partial charge in [-0.05, 0) is 62.6 Å². The number of benzene rings is 2. The van der Waals surface area contributed by atoms with Crippen LogP contribution in [0.5, 0.6) is 0 Å². The minimum absolute atomic E-state index is 0.0770. The van der Waals surface area contributed by atoms with E-state index < -0.39 is 22.8 Å². The van der Waals surface area contributed by atoms with Crippen LogP contribution in [0.3, 0.4) is 0 Å². The molecule has 2 atom stereocenters. The van der Waals surface area contributed by atoms with Crippen LogP contribution in [-0.2, 0) is 9.59 Å². The first-order valence-electron chi connectivity index (χ1n) is 11.5. The van der Waals surface area contributed by atoms with E-state index in [0.717, 1.165) is 24.5 Å². The molecule has 0 radical (unpaired) electrons. The number of hydrogen-bond acceptors (Lipinski definition) is 3. The average Bonchev–Trinajstić information content (AvgIpc) is 3.03. The SMILES string of the molecule is CC(C)(NC(=O)c1cccc(F)c1)C(=O)N1C[C@@H](c2cccc(F)c2)[C@@]2(CCCCC(=O)N2)C1. The average molecular weight is 470 g/mol. The lowest BCUT2D eigenvalue weighted by molar-refractivity contribution is -0.136. The van der Waals surface area contributed by atoms with E-state index >= 15 is 0 Å². The molecule has 2 N–H and O–H groups in total. The normalized spacial score (nSPS) is 22.9. The van der Waals surface area contributed by atoms with E-state index in [4.69, 9.17) is 0 Å². The van der Waals surface area contributed by atoms with Gasteiger partial charge in [0.1, 0.15) is 17.2 Å². The maximum absolute atomic E-state index is 14.1. The van der Waals surface area contributed by atoms with Gasteiger partial charge in [0.15, 0.2) is 0 Å². The zero-order valence-electron chi connectivity index (χ0n) is 19.4. The minimum Gasteiger partial charge on any atom is -0.348 e. The summed E-state index contributed by atoms with van der Waals surface area (Å²) >= 11 is 0. The van der Waals surface area contributed by atoms with E-state index in [1.54, 1.807) is 24.8 Å². The van der Waals surface area contributed by atoms with Crippen LogP contribution >= 0.6 is 0 Å². The summed E-state index contributed by atoms with van der Waals surface area (Å²) in [7, 11) is 0. The van der Waals surface area contributed by atoms with Crippen molar-refractivity contribution in [1.29, 1.82) is 0 Å². The van der Waals surface area contributed by atoms with Crippen molar-refractivity contribution >= 4 is 17.7 Å². The third-order valence-electron chi connectivity index (χ3n) is 6.79. The highest BCUT2D eigenvalue weighted by Gasteiger charge is 2.51. The molecule has 2 heterocycles. The number of hydrogen-bond donors (Lipinski definition) is 2. The van der Waals surface area contributed by atoms with Crippen LogP contribution in [0, 0.1) is 11.6 Å².